The zero-order valence-corrected chi connectivity index (χ0v) is 15.4. The molecule has 1 heterocycles. The van der Waals surface area contributed by atoms with E-state index in [4.69, 9.17) is 4.74 Å². The Morgan fingerprint density at radius 3 is 2.43 bits per heavy atom. The third-order valence-electron chi connectivity index (χ3n) is 4.79. The van der Waals surface area contributed by atoms with Crippen LogP contribution in [0.15, 0.2) is 16.3 Å². The highest BCUT2D eigenvalue weighted by Crippen LogP contribution is 2.48. The van der Waals surface area contributed by atoms with Crippen molar-refractivity contribution in [1.29, 1.82) is 0 Å². The van der Waals surface area contributed by atoms with Crippen molar-refractivity contribution in [2.24, 2.45) is 27.7 Å². The summed E-state index contributed by atoms with van der Waals surface area (Å²) in [5, 5.41) is 0. The molecule has 1 aliphatic heterocycles. The number of ketones is 1. The summed E-state index contributed by atoms with van der Waals surface area (Å²) < 4.78 is 5.26. The number of ether oxygens (including phenoxy) is 1. The van der Waals surface area contributed by atoms with E-state index in [9.17, 15) is 9.59 Å². The van der Waals surface area contributed by atoms with Crippen molar-refractivity contribution in [3.63, 3.8) is 0 Å². The van der Waals surface area contributed by atoms with E-state index in [1.165, 1.54) is 0 Å². The Morgan fingerprint density at radius 1 is 1.30 bits per heavy atom. The molecule has 2 unspecified atom stereocenters. The first-order chi connectivity index (χ1) is 10.5. The number of nitrogens with zero attached hydrogens (tertiary/aromatic N) is 1. The van der Waals surface area contributed by atoms with Gasteiger partial charge < -0.3 is 4.74 Å². The number of esters is 1. The molecule has 23 heavy (non-hydrogen) atoms. The van der Waals surface area contributed by atoms with Crippen molar-refractivity contribution in [1.82, 2.24) is 0 Å². The van der Waals surface area contributed by atoms with Crippen LogP contribution in [0, 0.1) is 22.7 Å². The highest BCUT2D eigenvalue weighted by molar-refractivity contribution is 6.11. The van der Waals surface area contributed by atoms with E-state index in [1.807, 2.05) is 6.92 Å². The summed E-state index contributed by atoms with van der Waals surface area (Å²) in [7, 11) is 0. The van der Waals surface area contributed by atoms with Crippen LogP contribution < -0.4 is 0 Å². The standard InChI is InChI=1S/C19H29NO3/c1-8-23-17(22)14-11(2)20-12-9-19(6,7)10-13(21)15(12)16(14)18(3,4)5/h15-16H,8-10H2,1-7H3. The smallest absolute Gasteiger partial charge is 0.336 e. The van der Waals surface area contributed by atoms with Crippen LogP contribution in [0.2, 0.25) is 0 Å². The fraction of sp³-hybridized carbons (Fsp3) is 0.737. The van der Waals surface area contributed by atoms with Gasteiger partial charge in [0.25, 0.3) is 0 Å². The number of fused-ring (bicyclic) bond motifs is 1. The second-order valence-electron chi connectivity index (χ2n) is 8.63. The van der Waals surface area contributed by atoms with Crippen LogP contribution in [-0.4, -0.2) is 24.1 Å². The summed E-state index contributed by atoms with van der Waals surface area (Å²) in [6.07, 6.45) is 1.35. The van der Waals surface area contributed by atoms with Crippen LogP contribution in [0.25, 0.3) is 0 Å². The molecule has 0 aromatic rings. The van der Waals surface area contributed by atoms with Crippen molar-refractivity contribution in [2.75, 3.05) is 6.61 Å². The maximum absolute atomic E-state index is 12.9. The predicted molar refractivity (Wildman–Crippen MR) is 91.2 cm³/mol. The van der Waals surface area contributed by atoms with Crippen molar-refractivity contribution in [2.45, 2.75) is 61.3 Å². The predicted octanol–water partition coefficient (Wildman–Crippen LogP) is 3.95. The first-order valence-corrected chi connectivity index (χ1v) is 8.46. The number of allylic oxidation sites excluding steroid dienone is 1. The summed E-state index contributed by atoms with van der Waals surface area (Å²) in [6.45, 7) is 14.5. The minimum absolute atomic E-state index is 0.0590. The third kappa shape index (κ3) is 3.41. The second-order valence-corrected chi connectivity index (χ2v) is 8.63. The number of carbonyl (C=O) groups excluding carboxylic acids is 2. The molecule has 4 nitrogen and oxygen atoms in total. The van der Waals surface area contributed by atoms with Crippen molar-refractivity contribution in [3.05, 3.63) is 11.3 Å². The van der Waals surface area contributed by atoms with E-state index in [0.717, 1.165) is 12.1 Å². The van der Waals surface area contributed by atoms with E-state index >= 15 is 0 Å². The fourth-order valence-electron chi connectivity index (χ4n) is 4.00. The molecule has 0 amide bonds. The summed E-state index contributed by atoms with van der Waals surface area (Å²) in [6, 6.07) is 0. The van der Waals surface area contributed by atoms with E-state index in [2.05, 4.69) is 39.6 Å². The molecule has 0 aromatic carbocycles. The molecule has 2 atom stereocenters. The minimum Gasteiger partial charge on any atom is -0.463 e. The molecule has 1 fully saturated rings. The number of hydrogen-bond donors (Lipinski definition) is 0. The Balaban J connectivity index is 2.58. The number of hydrogen-bond acceptors (Lipinski definition) is 4. The Labute approximate surface area is 139 Å². The molecule has 128 valence electrons. The lowest BCUT2D eigenvalue weighted by Gasteiger charge is -2.45. The van der Waals surface area contributed by atoms with E-state index < -0.39 is 0 Å². The molecule has 0 N–H and O–H groups in total. The normalized spacial score (nSPS) is 27.4. The van der Waals surface area contributed by atoms with E-state index in [0.29, 0.717) is 24.3 Å². The van der Waals surface area contributed by atoms with Gasteiger partial charge in [0.05, 0.1) is 18.1 Å². The van der Waals surface area contributed by atoms with Gasteiger partial charge in [0.2, 0.25) is 0 Å². The lowest BCUT2D eigenvalue weighted by Crippen LogP contribution is -2.48. The summed E-state index contributed by atoms with van der Waals surface area (Å²) in [5.74, 6) is -0.580. The Bertz CT molecular complexity index is 590. The number of rotatable bonds is 2. The van der Waals surface area contributed by atoms with Gasteiger partial charge in [0, 0.05) is 23.7 Å². The summed E-state index contributed by atoms with van der Waals surface area (Å²) >= 11 is 0. The van der Waals surface area contributed by atoms with E-state index in [-0.39, 0.29) is 34.4 Å². The molecular formula is C19H29NO3. The van der Waals surface area contributed by atoms with Crippen LogP contribution in [0.1, 0.15) is 61.3 Å². The van der Waals surface area contributed by atoms with Crippen molar-refractivity contribution in [3.8, 4) is 0 Å². The lowest BCUT2D eigenvalue weighted by atomic mass is 9.59. The molecule has 2 aliphatic rings. The number of aliphatic imine (C=N–C) groups is 1. The first-order valence-electron chi connectivity index (χ1n) is 8.46. The van der Waals surface area contributed by atoms with Gasteiger partial charge in [-0.25, -0.2) is 4.79 Å². The summed E-state index contributed by atoms with van der Waals surface area (Å²) in [5.41, 5.74) is 1.96. The van der Waals surface area contributed by atoms with Crippen molar-refractivity contribution >= 4 is 17.5 Å². The average Bonchev–Trinajstić information content (AvgIpc) is 2.34. The Hall–Kier alpha value is -1.45. The van der Waals surface area contributed by atoms with Gasteiger partial charge in [0.1, 0.15) is 5.78 Å². The zero-order chi connectivity index (χ0) is 17.6. The maximum atomic E-state index is 12.9. The monoisotopic (exact) mass is 319 g/mol. The maximum Gasteiger partial charge on any atom is 0.336 e. The second kappa shape index (κ2) is 5.88. The minimum atomic E-state index is -0.328. The molecule has 0 aromatic heterocycles. The number of Topliss-reactive ketones (excluding diaryl/α,β-unsaturated/α-hetero) is 1. The lowest BCUT2D eigenvalue weighted by molar-refractivity contribution is -0.140. The SMILES string of the molecule is CCOC(=O)C1=C(C)N=C2CC(C)(C)CC(=O)C2C1C(C)(C)C. The van der Waals surface area contributed by atoms with Crippen LogP contribution >= 0.6 is 0 Å². The zero-order valence-electron chi connectivity index (χ0n) is 15.4. The average molecular weight is 319 g/mol. The van der Waals surface area contributed by atoms with Crippen LogP contribution in [-0.2, 0) is 14.3 Å². The highest BCUT2D eigenvalue weighted by Gasteiger charge is 2.50. The van der Waals surface area contributed by atoms with Gasteiger partial charge >= 0.3 is 5.97 Å². The Morgan fingerprint density at radius 2 is 1.91 bits per heavy atom. The topological polar surface area (TPSA) is 55.7 Å². The van der Waals surface area contributed by atoms with Gasteiger partial charge in [-0.2, -0.15) is 0 Å². The molecule has 1 aliphatic carbocycles. The quantitative estimate of drug-likeness (QED) is 0.724. The fourth-order valence-corrected chi connectivity index (χ4v) is 4.00. The molecule has 0 saturated heterocycles. The van der Waals surface area contributed by atoms with Crippen molar-refractivity contribution < 1.29 is 14.3 Å². The van der Waals surface area contributed by atoms with Crippen LogP contribution in [0.3, 0.4) is 0 Å². The molecule has 4 heteroatoms. The van der Waals surface area contributed by atoms with Gasteiger partial charge in [0.15, 0.2) is 0 Å². The summed E-state index contributed by atoms with van der Waals surface area (Å²) in [4.78, 5) is 30.1. The van der Waals surface area contributed by atoms with E-state index in [1.54, 1.807) is 6.92 Å². The highest BCUT2D eigenvalue weighted by atomic mass is 16.5. The van der Waals surface area contributed by atoms with Gasteiger partial charge in [-0.15, -0.1) is 0 Å². The largest absolute Gasteiger partial charge is 0.463 e. The first kappa shape index (κ1) is 17.9. The molecule has 2 rings (SSSR count). The van der Waals surface area contributed by atoms with Gasteiger partial charge in [-0.3, -0.25) is 9.79 Å². The molecule has 1 saturated carbocycles. The van der Waals surface area contributed by atoms with Crippen LogP contribution in [0.5, 0.6) is 0 Å². The third-order valence-corrected chi connectivity index (χ3v) is 4.79. The number of carbonyl (C=O) groups is 2. The molecular weight excluding hydrogens is 290 g/mol. The van der Waals surface area contributed by atoms with Gasteiger partial charge in [-0.1, -0.05) is 34.6 Å². The van der Waals surface area contributed by atoms with Gasteiger partial charge in [-0.05, 0) is 31.1 Å². The molecule has 0 spiro atoms. The molecule has 0 radical (unpaired) electrons. The molecule has 0 bridgehead atoms. The van der Waals surface area contributed by atoms with Crippen LogP contribution in [0.4, 0.5) is 0 Å². The Kier molecular flexibility index (Phi) is 4.57.